The van der Waals surface area contributed by atoms with Crippen LogP contribution < -0.4 is 0 Å². The van der Waals surface area contributed by atoms with E-state index in [1.54, 1.807) is 0 Å². The van der Waals surface area contributed by atoms with E-state index in [2.05, 4.69) is 6.92 Å². The fourth-order valence-corrected chi connectivity index (χ4v) is 0.767. The van der Waals surface area contributed by atoms with Crippen LogP contribution >= 0.6 is 0 Å². The topological polar surface area (TPSA) is 38.7 Å². The molecular formula is C9H19O3. The number of ether oxygens (including phenoxy) is 2. The lowest BCUT2D eigenvalue weighted by Gasteiger charge is -2.03. The summed E-state index contributed by atoms with van der Waals surface area (Å²) in [5, 5.41) is 8.37. The normalized spacial score (nSPS) is 10.5. The van der Waals surface area contributed by atoms with E-state index in [1.807, 2.05) is 0 Å². The van der Waals surface area contributed by atoms with Crippen LogP contribution in [0.25, 0.3) is 0 Å². The quantitative estimate of drug-likeness (QED) is 0.532. The molecule has 0 bridgehead atoms. The van der Waals surface area contributed by atoms with E-state index in [1.165, 1.54) is 0 Å². The molecule has 0 aliphatic rings. The standard InChI is InChI=1S/C9H19O3/c1-2-3-4-6-11-8-9-12-7-5-10/h10H,1-9H2. The van der Waals surface area contributed by atoms with Crippen molar-refractivity contribution in [2.45, 2.75) is 19.3 Å². The predicted molar refractivity (Wildman–Crippen MR) is 47.9 cm³/mol. The van der Waals surface area contributed by atoms with Gasteiger partial charge in [0, 0.05) is 6.61 Å². The van der Waals surface area contributed by atoms with Gasteiger partial charge in [-0.1, -0.05) is 19.8 Å². The Hall–Kier alpha value is -0.120. The Kier molecular flexibility index (Phi) is 10.8. The third-order valence-corrected chi connectivity index (χ3v) is 1.40. The maximum absolute atomic E-state index is 8.37. The average Bonchev–Trinajstić information content (AvgIpc) is 2.10. The van der Waals surface area contributed by atoms with Crippen molar-refractivity contribution in [1.29, 1.82) is 0 Å². The molecule has 0 amide bonds. The Balaban J connectivity index is 2.73. The van der Waals surface area contributed by atoms with Crippen LogP contribution in [0.1, 0.15) is 19.3 Å². The van der Waals surface area contributed by atoms with Gasteiger partial charge in [0.1, 0.15) is 0 Å². The fraction of sp³-hybridized carbons (Fsp3) is 0.889. The molecule has 0 aromatic heterocycles. The van der Waals surface area contributed by atoms with Crippen LogP contribution in [-0.2, 0) is 9.47 Å². The fourth-order valence-electron chi connectivity index (χ4n) is 0.767. The molecule has 0 aromatic carbocycles. The first-order chi connectivity index (χ1) is 5.91. The van der Waals surface area contributed by atoms with Gasteiger partial charge in [0.25, 0.3) is 0 Å². The van der Waals surface area contributed by atoms with Crippen molar-refractivity contribution >= 4 is 0 Å². The van der Waals surface area contributed by atoms with Crippen molar-refractivity contribution in [3.63, 3.8) is 0 Å². The van der Waals surface area contributed by atoms with E-state index in [-0.39, 0.29) is 6.61 Å². The van der Waals surface area contributed by atoms with Gasteiger partial charge in [0.15, 0.2) is 0 Å². The second kappa shape index (κ2) is 10.9. The molecular weight excluding hydrogens is 156 g/mol. The maximum atomic E-state index is 8.37. The molecule has 73 valence electrons. The van der Waals surface area contributed by atoms with E-state index in [0.29, 0.717) is 19.8 Å². The van der Waals surface area contributed by atoms with Gasteiger partial charge < -0.3 is 14.6 Å². The summed E-state index contributed by atoms with van der Waals surface area (Å²) in [6, 6.07) is 0. The van der Waals surface area contributed by atoms with E-state index < -0.39 is 0 Å². The Labute approximate surface area is 74.7 Å². The summed E-state index contributed by atoms with van der Waals surface area (Å²) in [5.74, 6) is 0. The highest BCUT2D eigenvalue weighted by molar-refractivity contribution is 4.41. The number of hydrogen-bond donors (Lipinski definition) is 1. The van der Waals surface area contributed by atoms with Crippen molar-refractivity contribution in [3.8, 4) is 0 Å². The summed E-state index contributed by atoms with van der Waals surface area (Å²) in [7, 11) is 0. The molecule has 0 spiro atoms. The van der Waals surface area contributed by atoms with Gasteiger partial charge >= 0.3 is 0 Å². The van der Waals surface area contributed by atoms with Gasteiger partial charge in [0.2, 0.25) is 0 Å². The molecule has 0 aromatic rings. The average molecular weight is 175 g/mol. The molecule has 3 nitrogen and oxygen atoms in total. The van der Waals surface area contributed by atoms with Gasteiger partial charge in [-0.25, -0.2) is 0 Å². The number of hydrogen-bond acceptors (Lipinski definition) is 3. The molecule has 1 N–H and O–H groups in total. The molecule has 0 heterocycles. The first-order valence-electron chi connectivity index (χ1n) is 4.47. The van der Waals surface area contributed by atoms with Gasteiger partial charge in [-0.05, 0) is 6.42 Å². The predicted octanol–water partition coefficient (Wildman–Crippen LogP) is 1.02. The molecule has 0 unspecified atom stereocenters. The van der Waals surface area contributed by atoms with Gasteiger partial charge in [0.05, 0.1) is 26.4 Å². The number of aliphatic hydroxyl groups excluding tert-OH is 1. The Bertz CT molecular complexity index is 66.2. The summed E-state index contributed by atoms with van der Waals surface area (Å²) in [5.41, 5.74) is 0. The summed E-state index contributed by atoms with van der Waals surface area (Å²) >= 11 is 0. The lowest BCUT2D eigenvalue weighted by Crippen LogP contribution is -2.07. The van der Waals surface area contributed by atoms with Crippen molar-refractivity contribution in [2.75, 3.05) is 33.0 Å². The molecule has 0 saturated heterocycles. The minimum absolute atomic E-state index is 0.0848. The van der Waals surface area contributed by atoms with Crippen LogP contribution in [0.15, 0.2) is 0 Å². The largest absolute Gasteiger partial charge is 0.394 e. The molecule has 12 heavy (non-hydrogen) atoms. The highest BCUT2D eigenvalue weighted by atomic mass is 16.5. The van der Waals surface area contributed by atoms with Crippen molar-refractivity contribution in [2.24, 2.45) is 0 Å². The minimum Gasteiger partial charge on any atom is -0.394 e. The molecule has 0 aliphatic heterocycles. The number of aliphatic hydroxyl groups is 1. The molecule has 0 atom stereocenters. The van der Waals surface area contributed by atoms with Crippen LogP contribution in [0.2, 0.25) is 0 Å². The van der Waals surface area contributed by atoms with E-state index >= 15 is 0 Å². The molecule has 3 heteroatoms. The van der Waals surface area contributed by atoms with Crippen molar-refractivity contribution in [3.05, 3.63) is 6.92 Å². The first-order valence-corrected chi connectivity index (χ1v) is 4.47. The van der Waals surface area contributed by atoms with Gasteiger partial charge in [-0.3, -0.25) is 0 Å². The third kappa shape index (κ3) is 9.88. The Morgan fingerprint density at radius 2 is 1.58 bits per heavy atom. The molecule has 0 aliphatic carbocycles. The monoisotopic (exact) mass is 175 g/mol. The summed E-state index contributed by atoms with van der Waals surface area (Å²) in [6.45, 7) is 6.21. The van der Waals surface area contributed by atoms with Crippen LogP contribution in [0.4, 0.5) is 0 Å². The van der Waals surface area contributed by atoms with E-state index in [0.717, 1.165) is 25.9 Å². The second-order valence-corrected chi connectivity index (χ2v) is 2.51. The number of rotatable bonds is 9. The zero-order chi connectivity index (χ0) is 9.07. The summed E-state index contributed by atoms with van der Waals surface area (Å²) < 4.78 is 10.2. The van der Waals surface area contributed by atoms with Crippen LogP contribution in [0.5, 0.6) is 0 Å². The molecule has 0 rings (SSSR count). The minimum atomic E-state index is 0.0848. The maximum Gasteiger partial charge on any atom is 0.0701 e. The Morgan fingerprint density at radius 1 is 0.917 bits per heavy atom. The van der Waals surface area contributed by atoms with Gasteiger partial charge in [-0.2, -0.15) is 0 Å². The van der Waals surface area contributed by atoms with Crippen LogP contribution in [0.3, 0.4) is 0 Å². The highest BCUT2D eigenvalue weighted by Gasteiger charge is 1.89. The molecule has 0 saturated carbocycles. The van der Waals surface area contributed by atoms with Crippen LogP contribution in [0, 0.1) is 6.92 Å². The Morgan fingerprint density at radius 3 is 2.17 bits per heavy atom. The van der Waals surface area contributed by atoms with Crippen LogP contribution in [-0.4, -0.2) is 38.1 Å². The number of unbranched alkanes of at least 4 members (excludes halogenated alkanes) is 2. The van der Waals surface area contributed by atoms with Crippen molar-refractivity contribution in [1.82, 2.24) is 0 Å². The summed E-state index contributed by atoms with van der Waals surface area (Å²) in [6.07, 6.45) is 3.17. The SMILES string of the molecule is [CH2]CCCCOCCOCCO. The summed E-state index contributed by atoms with van der Waals surface area (Å²) in [4.78, 5) is 0. The highest BCUT2D eigenvalue weighted by Crippen LogP contribution is 1.93. The lowest BCUT2D eigenvalue weighted by molar-refractivity contribution is 0.0322. The zero-order valence-corrected chi connectivity index (χ0v) is 7.63. The lowest BCUT2D eigenvalue weighted by atomic mass is 10.3. The van der Waals surface area contributed by atoms with Crippen molar-refractivity contribution < 1.29 is 14.6 Å². The molecule has 1 radical (unpaired) electrons. The van der Waals surface area contributed by atoms with Gasteiger partial charge in [-0.15, -0.1) is 0 Å². The zero-order valence-electron chi connectivity index (χ0n) is 7.63. The van der Waals surface area contributed by atoms with E-state index in [9.17, 15) is 0 Å². The van der Waals surface area contributed by atoms with E-state index in [4.69, 9.17) is 14.6 Å². The second-order valence-electron chi connectivity index (χ2n) is 2.51. The third-order valence-electron chi connectivity index (χ3n) is 1.40. The smallest absolute Gasteiger partial charge is 0.0701 e. The molecule has 0 fully saturated rings. The first kappa shape index (κ1) is 11.9.